The van der Waals surface area contributed by atoms with E-state index in [-0.39, 0.29) is 0 Å². The quantitative estimate of drug-likeness (QED) is 0.380. The fourth-order valence-electron chi connectivity index (χ4n) is 1.24. The van der Waals surface area contributed by atoms with E-state index in [9.17, 15) is 24.8 Å². The van der Waals surface area contributed by atoms with Gasteiger partial charge in [0.05, 0.1) is 6.61 Å². The Kier molecular flexibility index (Phi) is 4.50. The van der Waals surface area contributed by atoms with E-state index in [0.717, 1.165) is 0 Å². The Bertz CT molecular complexity index is 233. The summed E-state index contributed by atoms with van der Waals surface area (Å²) in [6.07, 6.45) is -7.68. The molecule has 4 N–H and O–H groups in total. The van der Waals surface area contributed by atoms with E-state index in [1.165, 1.54) is 0 Å². The minimum Gasteiger partial charge on any atom is -0.566 e. The molecule has 0 aromatic carbocycles. The monoisotopic (exact) mass is 242 g/mol. The van der Waals surface area contributed by atoms with E-state index in [4.69, 9.17) is 9.84 Å². The molecule has 0 amide bonds. The number of aliphatic hydroxyl groups is 4. The van der Waals surface area contributed by atoms with E-state index in [0.29, 0.717) is 0 Å². The highest BCUT2D eigenvalue weighted by atomic mass is 31.1. The van der Waals surface area contributed by atoms with Crippen LogP contribution in [-0.4, -0.2) is 57.7 Å². The van der Waals surface area contributed by atoms with Crippen LogP contribution < -0.4 is 4.89 Å². The largest absolute Gasteiger partial charge is 0.566 e. The van der Waals surface area contributed by atoms with Crippen LogP contribution in [0.1, 0.15) is 0 Å². The molecule has 0 aromatic rings. The highest BCUT2D eigenvalue weighted by Crippen LogP contribution is 2.26. The Balaban J connectivity index is 2.69. The molecule has 1 rings (SSSR count). The first kappa shape index (κ1) is 12.9. The number of aliphatic hydroxyl groups excluding tert-OH is 4. The maximum atomic E-state index is 10.2. The summed E-state index contributed by atoms with van der Waals surface area (Å²) >= 11 is 0. The molecule has 88 valence electrons. The highest BCUT2D eigenvalue weighted by Gasteiger charge is 2.46. The first-order valence-corrected chi connectivity index (χ1v) is 5.18. The SMILES string of the molecule is O=[P+]([O-])OC1OC(CO)C(O)C(O)C1O. The molecule has 15 heavy (non-hydrogen) atoms. The van der Waals surface area contributed by atoms with E-state index >= 15 is 0 Å². The van der Waals surface area contributed by atoms with Crippen LogP contribution in [0.15, 0.2) is 0 Å². The summed E-state index contributed by atoms with van der Waals surface area (Å²) in [7, 11) is -3.27. The molecule has 6 atom stereocenters. The predicted octanol–water partition coefficient (Wildman–Crippen LogP) is -3.18. The molecule has 1 heterocycles. The Hall–Kier alpha value is -0.180. The third-order valence-corrected chi connectivity index (χ3v) is 2.42. The van der Waals surface area contributed by atoms with Crippen molar-refractivity contribution in [3.05, 3.63) is 0 Å². The summed E-state index contributed by atoms with van der Waals surface area (Å²) in [4.78, 5) is 10.2. The van der Waals surface area contributed by atoms with Gasteiger partial charge >= 0.3 is 8.25 Å². The van der Waals surface area contributed by atoms with Crippen molar-refractivity contribution < 1.29 is 39.1 Å². The van der Waals surface area contributed by atoms with Gasteiger partial charge in [-0.3, -0.25) is 0 Å². The summed E-state index contributed by atoms with van der Waals surface area (Å²) < 4.78 is 19.1. The molecule has 1 aliphatic rings. The van der Waals surface area contributed by atoms with Gasteiger partial charge in [-0.05, 0) is 4.57 Å². The normalized spacial score (nSPS) is 42.7. The third-order valence-electron chi connectivity index (χ3n) is 2.04. The van der Waals surface area contributed by atoms with Crippen LogP contribution in [0.4, 0.5) is 0 Å². The molecule has 0 saturated carbocycles. The van der Waals surface area contributed by atoms with Crippen molar-refractivity contribution in [3.8, 4) is 0 Å². The first-order valence-electron chi connectivity index (χ1n) is 4.09. The van der Waals surface area contributed by atoms with Crippen LogP contribution in [0.2, 0.25) is 0 Å². The molecular formula is C6H11O8P. The molecule has 1 fully saturated rings. The molecule has 0 aromatic heterocycles. The van der Waals surface area contributed by atoms with Gasteiger partial charge in [-0.25, -0.2) is 0 Å². The van der Waals surface area contributed by atoms with Crippen molar-refractivity contribution >= 4 is 8.25 Å². The Morgan fingerprint density at radius 1 is 1.27 bits per heavy atom. The van der Waals surface area contributed by atoms with Crippen molar-refractivity contribution in [2.24, 2.45) is 0 Å². The second-order valence-corrected chi connectivity index (χ2v) is 3.68. The van der Waals surface area contributed by atoms with Gasteiger partial charge < -0.3 is 30.1 Å². The smallest absolute Gasteiger partial charge is 0.491 e. The average molecular weight is 242 g/mol. The number of hydrogen-bond acceptors (Lipinski definition) is 8. The topological polar surface area (TPSA) is 140 Å². The van der Waals surface area contributed by atoms with Crippen molar-refractivity contribution in [1.29, 1.82) is 0 Å². The van der Waals surface area contributed by atoms with Crippen molar-refractivity contribution in [2.45, 2.75) is 30.7 Å². The summed E-state index contributed by atoms with van der Waals surface area (Å²) in [6.45, 7) is -0.638. The zero-order chi connectivity index (χ0) is 11.6. The summed E-state index contributed by atoms with van der Waals surface area (Å²) in [5.41, 5.74) is 0. The molecule has 6 unspecified atom stereocenters. The van der Waals surface area contributed by atoms with Gasteiger partial charge in [0.2, 0.25) is 6.29 Å². The Morgan fingerprint density at radius 3 is 2.33 bits per heavy atom. The number of hydrogen-bond donors (Lipinski definition) is 4. The second-order valence-electron chi connectivity index (χ2n) is 3.03. The van der Waals surface area contributed by atoms with Crippen LogP contribution in [-0.2, 0) is 13.8 Å². The Morgan fingerprint density at radius 2 is 1.87 bits per heavy atom. The molecule has 1 aliphatic heterocycles. The van der Waals surface area contributed by atoms with Crippen LogP contribution in [0.25, 0.3) is 0 Å². The zero-order valence-electron chi connectivity index (χ0n) is 7.46. The lowest BCUT2D eigenvalue weighted by atomic mass is 10.00. The van der Waals surface area contributed by atoms with Gasteiger partial charge in [-0.2, -0.15) is 0 Å². The minimum atomic E-state index is -3.27. The second kappa shape index (κ2) is 5.24. The zero-order valence-corrected chi connectivity index (χ0v) is 8.36. The summed E-state index contributed by atoms with van der Waals surface area (Å²) in [5, 5.41) is 36.5. The highest BCUT2D eigenvalue weighted by molar-refractivity contribution is 7.30. The molecule has 0 bridgehead atoms. The lowest BCUT2D eigenvalue weighted by Crippen LogP contribution is -2.58. The Labute approximate surface area is 85.6 Å². The fraction of sp³-hybridized carbons (Fsp3) is 1.00. The van der Waals surface area contributed by atoms with Gasteiger partial charge in [0, 0.05) is 0 Å². The minimum absolute atomic E-state index is 0.638. The predicted molar refractivity (Wildman–Crippen MR) is 42.5 cm³/mol. The maximum absolute atomic E-state index is 10.2. The van der Waals surface area contributed by atoms with Gasteiger partial charge in [0.1, 0.15) is 24.4 Å². The van der Waals surface area contributed by atoms with E-state index in [1.54, 1.807) is 0 Å². The van der Waals surface area contributed by atoms with Gasteiger partial charge in [-0.1, -0.05) is 0 Å². The standard InChI is InChI=1S/C6H11O8P/c7-1-2-3(8)4(9)5(10)6(13-2)14-15(11)12/h2-10H,1H2. The van der Waals surface area contributed by atoms with Crippen LogP contribution in [0.3, 0.4) is 0 Å². The van der Waals surface area contributed by atoms with Gasteiger partial charge in [0.25, 0.3) is 0 Å². The van der Waals surface area contributed by atoms with Gasteiger partial charge in [-0.15, -0.1) is 4.52 Å². The molecule has 0 radical (unpaired) electrons. The van der Waals surface area contributed by atoms with Crippen LogP contribution >= 0.6 is 8.25 Å². The maximum Gasteiger partial charge on any atom is 0.491 e. The number of rotatable bonds is 3. The van der Waals surface area contributed by atoms with Crippen molar-refractivity contribution in [3.63, 3.8) is 0 Å². The molecule has 9 heteroatoms. The van der Waals surface area contributed by atoms with Gasteiger partial charge in [0.15, 0.2) is 0 Å². The van der Waals surface area contributed by atoms with E-state index in [1.807, 2.05) is 0 Å². The van der Waals surface area contributed by atoms with E-state index < -0.39 is 45.6 Å². The molecule has 8 nitrogen and oxygen atoms in total. The molecule has 0 aliphatic carbocycles. The summed E-state index contributed by atoms with van der Waals surface area (Å²) in [5.74, 6) is 0. The fourth-order valence-corrected chi connectivity index (χ4v) is 1.58. The van der Waals surface area contributed by atoms with Crippen LogP contribution in [0, 0.1) is 0 Å². The van der Waals surface area contributed by atoms with Crippen LogP contribution in [0.5, 0.6) is 0 Å². The average Bonchev–Trinajstić information content (AvgIpc) is 2.18. The molecule has 1 saturated heterocycles. The third kappa shape index (κ3) is 2.90. The van der Waals surface area contributed by atoms with E-state index in [2.05, 4.69) is 4.52 Å². The summed E-state index contributed by atoms with van der Waals surface area (Å²) in [6, 6.07) is 0. The molecular weight excluding hydrogens is 231 g/mol. The van der Waals surface area contributed by atoms with Crippen molar-refractivity contribution in [2.75, 3.05) is 6.61 Å². The van der Waals surface area contributed by atoms with Crippen molar-refractivity contribution in [1.82, 2.24) is 0 Å². The molecule has 0 spiro atoms. The first-order chi connectivity index (χ1) is 6.97. The lowest BCUT2D eigenvalue weighted by Gasteiger charge is -2.37. The number of ether oxygens (including phenoxy) is 1. The lowest BCUT2D eigenvalue weighted by molar-refractivity contribution is -0.291.